The second-order valence-corrected chi connectivity index (χ2v) is 8.30. The highest BCUT2D eigenvalue weighted by atomic mass is 79.9. The zero-order valence-corrected chi connectivity index (χ0v) is 17.4. The van der Waals surface area contributed by atoms with Crippen LogP contribution < -0.4 is 15.0 Å². The first kappa shape index (κ1) is 18.0. The summed E-state index contributed by atoms with van der Waals surface area (Å²) in [4.78, 5) is 30.1. The Kier molecular flexibility index (Phi) is 3.51. The average molecular weight is 469 g/mol. The maximum Gasteiger partial charge on any atom is 0.333 e. The maximum absolute atomic E-state index is 13.2. The first-order valence-corrected chi connectivity index (χ1v) is 10.5. The van der Waals surface area contributed by atoms with Crippen molar-refractivity contribution in [3.05, 3.63) is 50.8 Å². The van der Waals surface area contributed by atoms with Crippen LogP contribution in [-0.4, -0.2) is 35.3 Å². The molecule has 6 rings (SSSR count). The molecule has 1 atom stereocenters. The number of aromatic nitrogens is 2. The van der Waals surface area contributed by atoms with Gasteiger partial charge < -0.3 is 23.9 Å². The van der Waals surface area contributed by atoms with Gasteiger partial charge >= 0.3 is 5.97 Å². The van der Waals surface area contributed by atoms with Crippen LogP contribution in [0.15, 0.2) is 23.0 Å². The predicted octanol–water partition coefficient (Wildman–Crippen LogP) is 0.884. The minimum Gasteiger partial charge on any atom is -0.459 e. The summed E-state index contributed by atoms with van der Waals surface area (Å²) in [5.41, 5.74) is 2.28. The third-order valence-corrected chi connectivity index (χ3v) is 6.62. The number of alkyl halides is 1. The zero-order chi connectivity index (χ0) is 20.8. The molecule has 0 saturated carbocycles. The lowest BCUT2D eigenvalue weighted by Crippen LogP contribution is -2.45. The van der Waals surface area contributed by atoms with Crippen LogP contribution in [0.5, 0.6) is 11.5 Å². The van der Waals surface area contributed by atoms with Gasteiger partial charge in [-0.3, -0.25) is 4.79 Å². The lowest BCUT2D eigenvalue weighted by molar-refractivity contribution is -0.162. The molecule has 0 fully saturated rings. The maximum atomic E-state index is 13.2. The highest BCUT2D eigenvalue weighted by Crippen LogP contribution is 2.42. The first-order chi connectivity index (χ1) is 14.4. The molecular formula is C20H14BBrN2O6. The van der Waals surface area contributed by atoms with Crippen molar-refractivity contribution in [2.24, 2.45) is 0 Å². The van der Waals surface area contributed by atoms with Gasteiger partial charge in [-0.25, -0.2) is 9.78 Å². The standard InChI is InChI=1S/C20H14BBrN2O6/c21-20(27)12-2-14-17-10(5-24(14)18(25)11(12)6-28-19(20)26)9(4-22)8-1-15-16(30-7-29-15)3-13(8)23-17/h1-3,27H,4-7,21H2/t20-/m0/s1. The highest BCUT2D eigenvalue weighted by Gasteiger charge is 2.42. The number of esters is 1. The number of fused-ring (bicyclic) bond motifs is 6. The molecule has 3 aliphatic heterocycles. The van der Waals surface area contributed by atoms with E-state index in [0.717, 1.165) is 22.0 Å². The Hall–Kier alpha value is -2.85. The smallest absolute Gasteiger partial charge is 0.333 e. The van der Waals surface area contributed by atoms with Crippen molar-refractivity contribution >= 4 is 40.6 Å². The van der Waals surface area contributed by atoms with E-state index in [1.54, 1.807) is 10.6 Å². The lowest BCUT2D eigenvalue weighted by atomic mass is 9.73. The van der Waals surface area contributed by atoms with E-state index in [-0.39, 0.29) is 24.5 Å². The fourth-order valence-corrected chi connectivity index (χ4v) is 5.10. The van der Waals surface area contributed by atoms with E-state index >= 15 is 0 Å². The number of hydrogen-bond donors (Lipinski definition) is 1. The number of nitrogens with zero attached hydrogens (tertiary/aromatic N) is 2. The van der Waals surface area contributed by atoms with Gasteiger partial charge in [0.1, 0.15) is 12.1 Å². The van der Waals surface area contributed by atoms with Gasteiger partial charge in [0.2, 0.25) is 6.79 Å². The fraction of sp³-hybridized carbons (Fsp3) is 0.250. The molecule has 3 aliphatic rings. The minimum atomic E-state index is -1.88. The van der Waals surface area contributed by atoms with E-state index in [0.29, 0.717) is 40.3 Å². The van der Waals surface area contributed by atoms with E-state index in [1.165, 1.54) is 7.85 Å². The van der Waals surface area contributed by atoms with E-state index < -0.39 is 11.5 Å². The summed E-state index contributed by atoms with van der Waals surface area (Å²) in [6.45, 7) is 0.373. The molecule has 8 nitrogen and oxygen atoms in total. The van der Waals surface area contributed by atoms with Crippen molar-refractivity contribution in [3.8, 4) is 22.9 Å². The second kappa shape index (κ2) is 5.86. The van der Waals surface area contributed by atoms with Gasteiger partial charge in [-0.05, 0) is 23.3 Å². The SMILES string of the molecule is B[C@@]1(O)C(=O)OCc2c1cc1n(c2=O)Cc2c-1nc1cc3c(cc1c2CBr)OCO3. The van der Waals surface area contributed by atoms with E-state index in [9.17, 15) is 14.7 Å². The number of pyridine rings is 2. The lowest BCUT2D eigenvalue weighted by Gasteiger charge is -2.29. The zero-order valence-electron chi connectivity index (χ0n) is 15.8. The molecule has 0 aliphatic carbocycles. The number of rotatable bonds is 1. The molecule has 1 aromatic carbocycles. The number of carbonyl (C=O) groups is 1. The van der Waals surface area contributed by atoms with Gasteiger partial charge in [-0.1, -0.05) is 15.9 Å². The number of benzene rings is 1. The Morgan fingerprint density at radius 2 is 1.93 bits per heavy atom. The third-order valence-electron chi connectivity index (χ3n) is 6.06. The number of hydrogen-bond acceptors (Lipinski definition) is 7. The minimum absolute atomic E-state index is 0.151. The van der Waals surface area contributed by atoms with Crippen LogP contribution >= 0.6 is 15.9 Å². The molecule has 0 amide bonds. The van der Waals surface area contributed by atoms with Crippen molar-refractivity contribution in [1.82, 2.24) is 9.55 Å². The fourth-order valence-electron chi connectivity index (χ4n) is 4.46. The molecule has 150 valence electrons. The number of aliphatic hydroxyl groups is 1. The summed E-state index contributed by atoms with van der Waals surface area (Å²) in [5.74, 6) is 0.529. The summed E-state index contributed by atoms with van der Waals surface area (Å²) >= 11 is 3.58. The molecule has 0 radical (unpaired) electrons. The Balaban J connectivity index is 1.66. The van der Waals surface area contributed by atoms with E-state index in [2.05, 4.69) is 15.9 Å². The van der Waals surface area contributed by atoms with Crippen molar-refractivity contribution in [2.75, 3.05) is 6.79 Å². The quantitative estimate of drug-likeness (QED) is 0.251. The molecule has 30 heavy (non-hydrogen) atoms. The summed E-state index contributed by atoms with van der Waals surface area (Å²) in [6.07, 6.45) is 0. The predicted molar refractivity (Wildman–Crippen MR) is 112 cm³/mol. The average Bonchev–Trinajstić information content (AvgIpc) is 3.32. The van der Waals surface area contributed by atoms with Gasteiger partial charge in [0.05, 0.1) is 29.0 Å². The summed E-state index contributed by atoms with van der Waals surface area (Å²) in [5, 5.41) is 12.2. The van der Waals surface area contributed by atoms with Crippen LogP contribution in [0.4, 0.5) is 0 Å². The Bertz CT molecular complexity index is 1370. The molecule has 2 aromatic heterocycles. The molecule has 0 bridgehead atoms. The van der Waals surface area contributed by atoms with Crippen LogP contribution in [0.25, 0.3) is 22.3 Å². The summed E-state index contributed by atoms with van der Waals surface area (Å²) in [7, 11) is 1.35. The topological polar surface area (TPSA) is 99.9 Å². The molecule has 10 heteroatoms. The number of halogens is 1. The monoisotopic (exact) mass is 468 g/mol. The van der Waals surface area contributed by atoms with Gasteiger partial charge in [-0.2, -0.15) is 0 Å². The first-order valence-electron chi connectivity index (χ1n) is 9.38. The van der Waals surface area contributed by atoms with Gasteiger partial charge in [0.25, 0.3) is 5.56 Å². The molecule has 0 saturated heterocycles. The molecule has 0 unspecified atom stereocenters. The number of cyclic esters (lactones) is 1. The van der Waals surface area contributed by atoms with Crippen LogP contribution in [0.1, 0.15) is 22.3 Å². The van der Waals surface area contributed by atoms with Crippen molar-refractivity contribution in [3.63, 3.8) is 0 Å². The van der Waals surface area contributed by atoms with Crippen molar-refractivity contribution < 1.29 is 24.1 Å². The van der Waals surface area contributed by atoms with E-state index in [4.69, 9.17) is 19.2 Å². The number of carbonyl (C=O) groups excluding carboxylic acids is 1. The van der Waals surface area contributed by atoms with Gasteiger partial charge in [-0.15, -0.1) is 0 Å². The van der Waals surface area contributed by atoms with Crippen LogP contribution in [0, 0.1) is 0 Å². The second-order valence-electron chi connectivity index (χ2n) is 7.74. The molecule has 3 aromatic rings. The Morgan fingerprint density at radius 3 is 2.70 bits per heavy atom. The largest absolute Gasteiger partial charge is 0.459 e. The summed E-state index contributed by atoms with van der Waals surface area (Å²) in [6, 6.07) is 5.43. The Labute approximate surface area is 178 Å². The highest BCUT2D eigenvalue weighted by molar-refractivity contribution is 9.08. The van der Waals surface area contributed by atoms with Gasteiger partial charge in [0.15, 0.2) is 19.3 Å². The molecule has 0 spiro atoms. The third kappa shape index (κ3) is 2.17. The Morgan fingerprint density at radius 1 is 1.17 bits per heavy atom. The van der Waals surface area contributed by atoms with Crippen LogP contribution in [0.3, 0.4) is 0 Å². The normalized spacial score (nSPS) is 20.7. The number of ether oxygens (including phenoxy) is 3. The van der Waals surface area contributed by atoms with Gasteiger partial charge in [0, 0.05) is 22.3 Å². The summed E-state index contributed by atoms with van der Waals surface area (Å²) < 4.78 is 17.7. The molecule has 5 heterocycles. The van der Waals surface area contributed by atoms with Crippen molar-refractivity contribution in [1.29, 1.82) is 0 Å². The molecule has 1 N–H and O–H groups in total. The van der Waals surface area contributed by atoms with Crippen molar-refractivity contribution in [2.45, 2.75) is 24.0 Å². The molecular weight excluding hydrogens is 455 g/mol. The van der Waals surface area contributed by atoms with E-state index in [1.807, 2.05) is 12.1 Å². The van der Waals surface area contributed by atoms with Crippen LogP contribution in [-0.2, 0) is 33.5 Å². The van der Waals surface area contributed by atoms with Crippen LogP contribution in [0.2, 0.25) is 0 Å².